The number of cyclic esters (lactones) is 1. The lowest BCUT2D eigenvalue weighted by atomic mass is 9.80. The lowest BCUT2D eigenvalue weighted by Crippen LogP contribution is -2.55. The zero-order valence-corrected chi connectivity index (χ0v) is 15.3. The van der Waals surface area contributed by atoms with Gasteiger partial charge in [-0.25, -0.2) is 0 Å². The van der Waals surface area contributed by atoms with Crippen LogP contribution in [0.3, 0.4) is 0 Å². The summed E-state index contributed by atoms with van der Waals surface area (Å²) in [6, 6.07) is 0. The fourth-order valence-electron chi connectivity index (χ4n) is 3.66. The number of terminal acetylenes is 1. The molecule has 2 rings (SSSR count). The van der Waals surface area contributed by atoms with Gasteiger partial charge in [0.1, 0.15) is 0 Å². The molecule has 0 unspecified atom stereocenters. The van der Waals surface area contributed by atoms with E-state index in [-0.39, 0.29) is 30.8 Å². The summed E-state index contributed by atoms with van der Waals surface area (Å²) in [4.78, 5) is 12.2. The summed E-state index contributed by atoms with van der Waals surface area (Å²) in [5, 5.41) is 21.1. The number of carbonyl (C=O) groups excluding carboxylic acids is 1. The van der Waals surface area contributed by atoms with E-state index in [4.69, 9.17) is 20.6 Å². The Labute approximate surface area is 149 Å². The van der Waals surface area contributed by atoms with Crippen molar-refractivity contribution in [2.45, 2.75) is 70.2 Å². The van der Waals surface area contributed by atoms with Gasteiger partial charge in [0.25, 0.3) is 0 Å². The Morgan fingerprint density at radius 1 is 1.40 bits per heavy atom. The Morgan fingerprint density at radius 3 is 2.68 bits per heavy atom. The molecular weight excluding hydrogens is 324 g/mol. The molecule has 0 aliphatic carbocycles. The van der Waals surface area contributed by atoms with Crippen LogP contribution >= 0.6 is 0 Å². The summed E-state index contributed by atoms with van der Waals surface area (Å²) in [7, 11) is 1.60. The molecule has 0 radical (unpaired) electrons. The Kier molecular flexibility index (Phi) is 6.28. The molecule has 140 valence electrons. The molecule has 2 heterocycles. The second-order valence-corrected chi connectivity index (χ2v) is 7.26. The van der Waals surface area contributed by atoms with Gasteiger partial charge in [-0.3, -0.25) is 4.79 Å². The number of aliphatic hydroxyl groups excluding tert-OH is 1. The highest BCUT2D eigenvalue weighted by atomic mass is 16.6. The van der Waals surface area contributed by atoms with Crippen LogP contribution in [0.4, 0.5) is 0 Å². The highest BCUT2D eigenvalue weighted by molar-refractivity contribution is 5.71. The van der Waals surface area contributed by atoms with Crippen molar-refractivity contribution in [1.82, 2.24) is 0 Å². The van der Waals surface area contributed by atoms with Crippen LogP contribution in [0.25, 0.3) is 0 Å². The van der Waals surface area contributed by atoms with Gasteiger partial charge in [-0.05, 0) is 6.92 Å². The number of esters is 1. The predicted molar refractivity (Wildman–Crippen MR) is 91.3 cm³/mol. The lowest BCUT2D eigenvalue weighted by Gasteiger charge is -2.46. The second-order valence-electron chi connectivity index (χ2n) is 7.26. The van der Waals surface area contributed by atoms with Crippen molar-refractivity contribution >= 4 is 5.97 Å². The third kappa shape index (κ3) is 4.62. The van der Waals surface area contributed by atoms with Gasteiger partial charge in [0.15, 0.2) is 11.9 Å². The first-order valence-corrected chi connectivity index (χ1v) is 8.63. The maximum absolute atomic E-state index is 12.2. The minimum absolute atomic E-state index is 0.0558. The maximum atomic E-state index is 12.2. The van der Waals surface area contributed by atoms with Crippen LogP contribution in [-0.4, -0.2) is 53.5 Å². The molecule has 0 aromatic heterocycles. The third-order valence-electron chi connectivity index (χ3n) is 5.15. The fraction of sp³-hybridized carbons (Fsp3) is 0.737. The smallest absolute Gasteiger partial charge is 0.312 e. The molecule has 2 bridgehead atoms. The monoisotopic (exact) mass is 352 g/mol. The van der Waals surface area contributed by atoms with Gasteiger partial charge in [0, 0.05) is 31.8 Å². The molecule has 6 nitrogen and oxygen atoms in total. The van der Waals surface area contributed by atoms with Crippen molar-refractivity contribution in [3.05, 3.63) is 11.6 Å². The fourth-order valence-corrected chi connectivity index (χ4v) is 3.66. The first kappa shape index (κ1) is 19.9. The maximum Gasteiger partial charge on any atom is 0.312 e. The van der Waals surface area contributed by atoms with Crippen molar-refractivity contribution < 1.29 is 29.2 Å². The third-order valence-corrected chi connectivity index (χ3v) is 5.15. The number of carbonyl (C=O) groups is 1. The first-order chi connectivity index (χ1) is 11.7. The molecule has 0 saturated carbocycles. The van der Waals surface area contributed by atoms with Crippen LogP contribution in [-0.2, 0) is 19.0 Å². The molecule has 1 fully saturated rings. The summed E-state index contributed by atoms with van der Waals surface area (Å²) < 4.78 is 16.8. The zero-order chi connectivity index (χ0) is 18.8. The van der Waals surface area contributed by atoms with Gasteiger partial charge in [0.05, 0.1) is 24.7 Å². The van der Waals surface area contributed by atoms with E-state index in [1.165, 1.54) is 0 Å². The molecule has 2 aliphatic rings. The van der Waals surface area contributed by atoms with Crippen LogP contribution in [0.15, 0.2) is 11.6 Å². The van der Waals surface area contributed by atoms with E-state index >= 15 is 0 Å². The number of rotatable bonds is 1. The predicted octanol–water partition coefficient (Wildman–Crippen LogP) is 1.40. The number of methoxy groups -OCH3 is 1. The standard InChI is InChI=1S/C19H28O6/c1-6-14-7-11(2)8-16(23-5)13(4)18-12(3)15(20)9-19(22,25-18)10-17(21)24-14/h1,8,12-16,18,20,22H,7,9-10H2,2-5H3/b11-8+/t12-,13-,14+,15+,16-,18-,19+/m1/s1. The highest BCUT2D eigenvalue weighted by Crippen LogP contribution is 2.38. The molecule has 2 aliphatic heterocycles. The Morgan fingerprint density at radius 2 is 2.08 bits per heavy atom. The summed E-state index contributed by atoms with van der Waals surface area (Å²) in [5.74, 6) is -0.327. The van der Waals surface area contributed by atoms with E-state index in [1.54, 1.807) is 7.11 Å². The zero-order valence-electron chi connectivity index (χ0n) is 15.3. The topological polar surface area (TPSA) is 85.2 Å². The SMILES string of the molecule is C#C[C@H]1C/C(C)=C/[C@@H](OC)[C@@H](C)[C@@H]2O[C@](O)(CC(=O)O1)C[C@H](O)[C@H]2C. The quantitative estimate of drug-likeness (QED) is 0.421. The molecule has 0 aromatic rings. The molecular formula is C19H28O6. The average molecular weight is 352 g/mol. The van der Waals surface area contributed by atoms with Crippen LogP contribution in [0.2, 0.25) is 0 Å². The molecule has 0 spiro atoms. The molecule has 0 amide bonds. The van der Waals surface area contributed by atoms with E-state index in [0.29, 0.717) is 6.42 Å². The van der Waals surface area contributed by atoms with Gasteiger partial charge in [0.2, 0.25) is 0 Å². The number of ether oxygens (including phenoxy) is 3. The van der Waals surface area contributed by atoms with Gasteiger partial charge in [-0.15, -0.1) is 6.42 Å². The van der Waals surface area contributed by atoms with Crippen molar-refractivity contribution in [1.29, 1.82) is 0 Å². The largest absolute Gasteiger partial charge is 0.449 e. The van der Waals surface area contributed by atoms with Gasteiger partial charge < -0.3 is 24.4 Å². The van der Waals surface area contributed by atoms with Gasteiger partial charge in [-0.1, -0.05) is 31.4 Å². The van der Waals surface area contributed by atoms with Crippen molar-refractivity contribution in [2.75, 3.05) is 7.11 Å². The first-order valence-electron chi connectivity index (χ1n) is 8.63. The van der Waals surface area contributed by atoms with E-state index in [0.717, 1.165) is 5.57 Å². The molecule has 7 atom stereocenters. The highest BCUT2D eigenvalue weighted by Gasteiger charge is 2.48. The van der Waals surface area contributed by atoms with Crippen LogP contribution < -0.4 is 0 Å². The van der Waals surface area contributed by atoms with E-state index in [9.17, 15) is 15.0 Å². The van der Waals surface area contributed by atoms with E-state index in [2.05, 4.69) is 5.92 Å². The Balaban J connectivity index is 2.41. The summed E-state index contributed by atoms with van der Waals surface area (Å²) >= 11 is 0. The summed E-state index contributed by atoms with van der Waals surface area (Å²) in [6.45, 7) is 5.71. The Bertz CT molecular complexity index is 565. The number of fused-ring (bicyclic) bond motifs is 2. The molecule has 1 saturated heterocycles. The van der Waals surface area contributed by atoms with E-state index < -0.39 is 30.1 Å². The number of aliphatic hydroxyl groups is 2. The molecule has 6 heteroatoms. The van der Waals surface area contributed by atoms with Crippen molar-refractivity contribution in [2.24, 2.45) is 11.8 Å². The summed E-state index contributed by atoms with van der Waals surface area (Å²) in [6.07, 6.45) is 5.08. The summed E-state index contributed by atoms with van der Waals surface area (Å²) in [5.41, 5.74) is 0.939. The molecule has 2 N–H and O–H groups in total. The normalized spacial score (nSPS) is 45.2. The average Bonchev–Trinajstić information content (AvgIpc) is 2.53. The lowest BCUT2D eigenvalue weighted by molar-refractivity contribution is -0.301. The minimum Gasteiger partial charge on any atom is -0.449 e. The Hall–Kier alpha value is -1.39. The minimum atomic E-state index is -1.78. The van der Waals surface area contributed by atoms with Crippen LogP contribution in [0, 0.1) is 24.2 Å². The second kappa shape index (κ2) is 7.88. The number of hydrogen-bond donors (Lipinski definition) is 2. The van der Waals surface area contributed by atoms with E-state index in [1.807, 2.05) is 26.8 Å². The molecule has 25 heavy (non-hydrogen) atoms. The molecule has 0 aromatic carbocycles. The van der Waals surface area contributed by atoms with Crippen LogP contribution in [0.1, 0.15) is 40.0 Å². The van der Waals surface area contributed by atoms with Crippen LogP contribution in [0.5, 0.6) is 0 Å². The number of hydrogen-bond acceptors (Lipinski definition) is 6. The van der Waals surface area contributed by atoms with Gasteiger partial charge >= 0.3 is 5.97 Å². The van der Waals surface area contributed by atoms with Crippen molar-refractivity contribution in [3.63, 3.8) is 0 Å². The van der Waals surface area contributed by atoms with Crippen molar-refractivity contribution in [3.8, 4) is 12.3 Å². The van der Waals surface area contributed by atoms with Gasteiger partial charge in [-0.2, -0.15) is 0 Å².